The van der Waals surface area contributed by atoms with Crippen LogP contribution in [0.5, 0.6) is 0 Å². The van der Waals surface area contributed by atoms with Gasteiger partial charge in [0.15, 0.2) is 0 Å². The molecular weight excluding hydrogens is 246 g/mol. The van der Waals surface area contributed by atoms with Gasteiger partial charge in [0, 0.05) is 0 Å². The zero-order valence-corrected chi connectivity index (χ0v) is 10.7. The van der Waals surface area contributed by atoms with E-state index in [4.69, 9.17) is 0 Å². The number of nitrogens with zero attached hydrogens (tertiary/aromatic N) is 1. The molecule has 0 aliphatic rings. The van der Waals surface area contributed by atoms with Gasteiger partial charge in [0.05, 0.1) is 17.9 Å². The number of aromatic nitrogens is 1. The molecule has 1 heterocycles. The Morgan fingerprint density at radius 1 is 1.05 bits per heavy atom. The predicted octanol–water partition coefficient (Wildman–Crippen LogP) is 3.25. The van der Waals surface area contributed by atoms with Gasteiger partial charge >= 0.3 is 0 Å². The topological polar surface area (TPSA) is 24.9 Å². The Labute approximate surface area is 111 Å². The van der Waals surface area contributed by atoms with Crippen LogP contribution in [0.25, 0.3) is 0 Å². The molecule has 2 rings (SSSR count). The Morgan fingerprint density at radius 3 is 2.32 bits per heavy atom. The first-order valence-corrected chi connectivity index (χ1v) is 6.28. The van der Waals surface area contributed by atoms with Gasteiger partial charge in [-0.15, -0.1) is 0 Å². The van der Waals surface area contributed by atoms with Crippen LogP contribution in [0.4, 0.5) is 8.78 Å². The van der Waals surface area contributed by atoms with Crippen molar-refractivity contribution in [2.24, 2.45) is 0 Å². The van der Waals surface area contributed by atoms with Crippen LogP contribution >= 0.6 is 0 Å². The summed E-state index contributed by atoms with van der Waals surface area (Å²) in [6.45, 7) is 2.78. The van der Waals surface area contributed by atoms with E-state index >= 15 is 0 Å². The molecule has 1 aromatic carbocycles. The zero-order chi connectivity index (χ0) is 13.7. The molecule has 0 saturated heterocycles. The second-order valence-electron chi connectivity index (χ2n) is 4.34. The van der Waals surface area contributed by atoms with Gasteiger partial charge < -0.3 is 5.32 Å². The fourth-order valence-corrected chi connectivity index (χ4v) is 1.98. The molecule has 4 heteroatoms. The summed E-state index contributed by atoms with van der Waals surface area (Å²) in [6, 6.07) is 9.46. The molecule has 1 N–H and O–H groups in total. The highest BCUT2D eigenvalue weighted by atomic mass is 19.1. The van der Waals surface area contributed by atoms with Gasteiger partial charge in [0.25, 0.3) is 0 Å². The van der Waals surface area contributed by atoms with E-state index in [2.05, 4.69) is 10.3 Å². The lowest BCUT2D eigenvalue weighted by Gasteiger charge is -2.17. The average Bonchev–Trinajstić information content (AvgIpc) is 2.42. The molecule has 2 nitrogen and oxygen atoms in total. The lowest BCUT2D eigenvalue weighted by molar-refractivity contribution is 0.531. The number of nitrogens with one attached hydrogen (secondary N) is 1. The predicted molar refractivity (Wildman–Crippen MR) is 70.7 cm³/mol. The number of pyridine rings is 1. The molecule has 100 valence electrons. The van der Waals surface area contributed by atoms with Crippen LogP contribution < -0.4 is 5.32 Å². The van der Waals surface area contributed by atoms with E-state index < -0.39 is 0 Å². The van der Waals surface area contributed by atoms with Crippen LogP contribution in [-0.2, 0) is 6.42 Å². The fraction of sp³-hybridized carbons (Fsp3) is 0.267. The van der Waals surface area contributed by atoms with Crippen molar-refractivity contribution in [3.63, 3.8) is 0 Å². The molecule has 0 aliphatic heterocycles. The van der Waals surface area contributed by atoms with Gasteiger partial charge in [0.2, 0.25) is 0 Å². The SMILES string of the molecule is CCNC(Cc1ccc(F)cc1)c1ccc(F)cn1. The molecule has 0 bridgehead atoms. The molecule has 2 aromatic rings. The largest absolute Gasteiger partial charge is 0.309 e. The van der Waals surface area contributed by atoms with Gasteiger partial charge in [-0.1, -0.05) is 19.1 Å². The molecule has 0 fully saturated rings. The monoisotopic (exact) mass is 262 g/mol. The molecule has 0 radical (unpaired) electrons. The van der Waals surface area contributed by atoms with Crippen LogP contribution in [0, 0.1) is 11.6 Å². The summed E-state index contributed by atoms with van der Waals surface area (Å²) in [4.78, 5) is 4.10. The van der Waals surface area contributed by atoms with E-state index in [1.54, 1.807) is 18.2 Å². The minimum absolute atomic E-state index is 0.00365. The Balaban J connectivity index is 2.15. The molecule has 1 atom stereocenters. The maximum Gasteiger partial charge on any atom is 0.141 e. The summed E-state index contributed by atoms with van der Waals surface area (Å²) in [6.07, 6.45) is 1.90. The number of likely N-dealkylation sites (N-methyl/N-ethyl adjacent to an activating group) is 1. The second-order valence-corrected chi connectivity index (χ2v) is 4.34. The summed E-state index contributed by atoms with van der Waals surface area (Å²) in [5, 5.41) is 3.30. The normalized spacial score (nSPS) is 12.4. The van der Waals surface area contributed by atoms with Crippen LogP contribution in [0.3, 0.4) is 0 Å². The maximum atomic E-state index is 12.9. The third kappa shape index (κ3) is 3.83. The van der Waals surface area contributed by atoms with Crippen LogP contribution in [-0.4, -0.2) is 11.5 Å². The molecule has 0 saturated carbocycles. The molecule has 1 aromatic heterocycles. The number of benzene rings is 1. The summed E-state index contributed by atoms with van der Waals surface area (Å²) in [7, 11) is 0. The fourth-order valence-electron chi connectivity index (χ4n) is 1.98. The number of hydrogen-bond donors (Lipinski definition) is 1. The van der Waals surface area contributed by atoms with Gasteiger partial charge in [-0.2, -0.15) is 0 Å². The third-order valence-electron chi connectivity index (χ3n) is 2.91. The van der Waals surface area contributed by atoms with E-state index in [1.165, 1.54) is 24.4 Å². The molecule has 1 unspecified atom stereocenters. The lowest BCUT2D eigenvalue weighted by Crippen LogP contribution is -2.23. The highest BCUT2D eigenvalue weighted by Crippen LogP contribution is 2.17. The minimum atomic E-state index is -0.346. The number of hydrogen-bond acceptors (Lipinski definition) is 2. The Kier molecular flexibility index (Phi) is 4.58. The van der Waals surface area contributed by atoms with Crippen molar-refractivity contribution in [3.05, 3.63) is 65.5 Å². The maximum absolute atomic E-state index is 12.9. The first-order chi connectivity index (χ1) is 9.19. The second kappa shape index (κ2) is 6.38. The quantitative estimate of drug-likeness (QED) is 0.894. The van der Waals surface area contributed by atoms with Crippen molar-refractivity contribution >= 4 is 0 Å². The molecular formula is C15H16F2N2. The van der Waals surface area contributed by atoms with Crippen LogP contribution in [0.2, 0.25) is 0 Å². The molecule has 19 heavy (non-hydrogen) atoms. The Morgan fingerprint density at radius 2 is 1.74 bits per heavy atom. The smallest absolute Gasteiger partial charge is 0.141 e. The van der Waals surface area contributed by atoms with Gasteiger partial charge in [-0.3, -0.25) is 4.98 Å². The first-order valence-electron chi connectivity index (χ1n) is 6.28. The molecule has 0 spiro atoms. The highest BCUT2D eigenvalue weighted by Gasteiger charge is 2.12. The Bertz CT molecular complexity index is 509. The van der Waals surface area contributed by atoms with Crippen molar-refractivity contribution in [1.29, 1.82) is 0 Å². The van der Waals surface area contributed by atoms with E-state index in [-0.39, 0.29) is 17.7 Å². The summed E-state index contributed by atoms with van der Waals surface area (Å²) in [5.41, 5.74) is 1.80. The van der Waals surface area contributed by atoms with Gasteiger partial charge in [-0.25, -0.2) is 8.78 Å². The summed E-state index contributed by atoms with van der Waals surface area (Å²) < 4.78 is 25.8. The molecule has 0 aliphatic carbocycles. The highest BCUT2D eigenvalue weighted by molar-refractivity contribution is 5.20. The first kappa shape index (κ1) is 13.6. The van der Waals surface area contributed by atoms with Crippen molar-refractivity contribution in [2.45, 2.75) is 19.4 Å². The Hall–Kier alpha value is -1.81. The van der Waals surface area contributed by atoms with E-state index in [9.17, 15) is 8.78 Å². The third-order valence-corrected chi connectivity index (χ3v) is 2.91. The van der Waals surface area contributed by atoms with Crippen molar-refractivity contribution in [2.75, 3.05) is 6.54 Å². The van der Waals surface area contributed by atoms with Crippen molar-refractivity contribution in [1.82, 2.24) is 10.3 Å². The zero-order valence-electron chi connectivity index (χ0n) is 10.7. The lowest BCUT2D eigenvalue weighted by atomic mass is 10.0. The summed E-state index contributed by atoms with van der Waals surface area (Å²) >= 11 is 0. The van der Waals surface area contributed by atoms with Crippen LogP contribution in [0.1, 0.15) is 24.2 Å². The van der Waals surface area contributed by atoms with Crippen molar-refractivity contribution < 1.29 is 8.78 Å². The molecule has 0 amide bonds. The number of halogens is 2. The van der Waals surface area contributed by atoms with Gasteiger partial charge in [0.1, 0.15) is 11.6 Å². The van der Waals surface area contributed by atoms with Crippen LogP contribution in [0.15, 0.2) is 42.6 Å². The van der Waals surface area contributed by atoms with E-state index in [0.717, 1.165) is 17.8 Å². The number of rotatable bonds is 5. The average molecular weight is 262 g/mol. The standard InChI is InChI=1S/C15H16F2N2/c1-2-18-15(14-8-7-13(17)10-19-14)9-11-3-5-12(16)6-4-11/h3-8,10,15,18H,2,9H2,1H3. The summed E-state index contributed by atoms with van der Waals surface area (Å²) in [5.74, 6) is -0.593. The van der Waals surface area contributed by atoms with E-state index in [1.807, 2.05) is 6.92 Å². The van der Waals surface area contributed by atoms with Gasteiger partial charge in [-0.05, 0) is 42.8 Å². The van der Waals surface area contributed by atoms with E-state index in [0.29, 0.717) is 6.42 Å². The van der Waals surface area contributed by atoms with Crippen molar-refractivity contribution in [3.8, 4) is 0 Å². The minimum Gasteiger partial charge on any atom is -0.309 e.